The van der Waals surface area contributed by atoms with Gasteiger partial charge in [-0.1, -0.05) is 20.8 Å². The molecule has 74 valence electrons. The van der Waals surface area contributed by atoms with Crippen LogP contribution in [0.4, 0.5) is 0 Å². The molecule has 0 rings (SSSR count). The van der Waals surface area contributed by atoms with Crippen molar-refractivity contribution in [1.82, 2.24) is 5.32 Å². The molecule has 1 N–H and O–H groups in total. The van der Waals surface area contributed by atoms with Crippen molar-refractivity contribution in [2.45, 2.75) is 51.3 Å². The van der Waals surface area contributed by atoms with E-state index in [1.54, 1.807) is 0 Å². The van der Waals surface area contributed by atoms with Crippen LogP contribution in [-0.2, 0) is 0 Å². The fourth-order valence-electron chi connectivity index (χ4n) is 0.912. The van der Waals surface area contributed by atoms with E-state index in [0.717, 1.165) is 0 Å². The van der Waals surface area contributed by atoms with Crippen molar-refractivity contribution in [3.8, 4) is 0 Å². The number of nitrogens with one attached hydrogen (secondary N) is 1. The molecular weight excluding hydrogens is 166 g/mol. The Morgan fingerprint density at radius 2 is 1.92 bits per heavy atom. The summed E-state index contributed by atoms with van der Waals surface area (Å²) >= 11 is 2.06. The molecule has 1 nitrogen and oxygen atoms in total. The molecule has 0 aliphatic heterocycles. The molecule has 12 heavy (non-hydrogen) atoms. The first-order chi connectivity index (χ1) is 5.45. The van der Waals surface area contributed by atoms with Crippen LogP contribution < -0.4 is 5.32 Å². The van der Waals surface area contributed by atoms with Gasteiger partial charge in [0.2, 0.25) is 0 Å². The van der Waals surface area contributed by atoms with E-state index in [-0.39, 0.29) is 0 Å². The predicted molar refractivity (Wildman–Crippen MR) is 60.0 cm³/mol. The third-order valence-corrected chi connectivity index (χ3v) is 3.17. The quantitative estimate of drug-likeness (QED) is 0.667. The number of thioether (sulfide) groups is 1. The van der Waals surface area contributed by atoms with Gasteiger partial charge >= 0.3 is 0 Å². The normalized spacial score (nSPS) is 14.8. The summed E-state index contributed by atoms with van der Waals surface area (Å²) in [6.07, 6.45) is 2.61. The third kappa shape index (κ3) is 8.41. The van der Waals surface area contributed by atoms with E-state index in [1.165, 1.54) is 18.6 Å². The lowest BCUT2D eigenvalue weighted by Gasteiger charge is -2.18. The first-order valence-electron chi connectivity index (χ1n) is 4.77. The highest BCUT2D eigenvalue weighted by molar-refractivity contribution is 8.00. The summed E-state index contributed by atoms with van der Waals surface area (Å²) < 4.78 is 0.433. The van der Waals surface area contributed by atoms with Crippen LogP contribution in [-0.4, -0.2) is 23.6 Å². The van der Waals surface area contributed by atoms with Gasteiger partial charge in [0.1, 0.15) is 0 Å². The van der Waals surface area contributed by atoms with Crippen molar-refractivity contribution in [1.29, 1.82) is 0 Å². The topological polar surface area (TPSA) is 12.0 Å². The first kappa shape index (κ1) is 12.3. The van der Waals surface area contributed by atoms with Crippen molar-refractivity contribution in [2.75, 3.05) is 12.8 Å². The number of hydrogen-bond acceptors (Lipinski definition) is 2. The van der Waals surface area contributed by atoms with Crippen LogP contribution in [0, 0.1) is 0 Å². The highest BCUT2D eigenvalue weighted by atomic mass is 32.2. The summed E-state index contributed by atoms with van der Waals surface area (Å²) in [6.45, 7) is 9.07. The zero-order valence-corrected chi connectivity index (χ0v) is 9.92. The minimum atomic E-state index is 0.433. The molecule has 0 heterocycles. The number of hydrogen-bond donors (Lipinski definition) is 1. The first-order valence-corrected chi connectivity index (χ1v) is 5.75. The van der Waals surface area contributed by atoms with E-state index < -0.39 is 0 Å². The lowest BCUT2D eigenvalue weighted by molar-refractivity contribution is 0.559. The zero-order valence-electron chi connectivity index (χ0n) is 9.11. The van der Waals surface area contributed by atoms with Crippen molar-refractivity contribution < 1.29 is 0 Å². The minimum Gasteiger partial charge on any atom is -0.317 e. The van der Waals surface area contributed by atoms with Crippen LogP contribution in [0.2, 0.25) is 0 Å². The summed E-state index contributed by atoms with van der Waals surface area (Å²) in [4.78, 5) is 0. The standard InChI is InChI=1S/C10H23NS/c1-9(11-5)7-6-8-12-10(2,3)4/h9,11H,6-8H2,1-5H3. The smallest absolute Gasteiger partial charge is 0.00750 e. The molecular formula is C10H23NS. The maximum atomic E-state index is 3.25. The van der Waals surface area contributed by atoms with Crippen LogP contribution in [0.15, 0.2) is 0 Å². The van der Waals surface area contributed by atoms with Crippen LogP contribution >= 0.6 is 11.8 Å². The van der Waals surface area contributed by atoms with Gasteiger partial charge in [-0.15, -0.1) is 0 Å². The van der Waals surface area contributed by atoms with Gasteiger partial charge in [0.25, 0.3) is 0 Å². The van der Waals surface area contributed by atoms with Crippen LogP contribution in [0.5, 0.6) is 0 Å². The Morgan fingerprint density at radius 1 is 1.33 bits per heavy atom. The molecule has 1 atom stereocenters. The Kier molecular flexibility index (Phi) is 6.02. The molecule has 0 spiro atoms. The Morgan fingerprint density at radius 3 is 2.33 bits per heavy atom. The van der Waals surface area contributed by atoms with E-state index in [2.05, 4.69) is 44.8 Å². The second kappa shape index (κ2) is 5.87. The summed E-state index contributed by atoms with van der Waals surface area (Å²) in [5.41, 5.74) is 0. The molecule has 0 amide bonds. The van der Waals surface area contributed by atoms with E-state index in [1.807, 2.05) is 7.05 Å². The molecule has 2 heteroatoms. The van der Waals surface area contributed by atoms with E-state index >= 15 is 0 Å². The second-order valence-electron chi connectivity index (χ2n) is 4.29. The van der Waals surface area contributed by atoms with Gasteiger partial charge in [-0.05, 0) is 32.6 Å². The molecule has 0 aliphatic carbocycles. The molecule has 0 saturated carbocycles. The zero-order chi connectivity index (χ0) is 9.61. The third-order valence-electron chi connectivity index (χ3n) is 1.81. The van der Waals surface area contributed by atoms with Gasteiger partial charge in [-0.25, -0.2) is 0 Å². The van der Waals surface area contributed by atoms with Gasteiger partial charge in [-0.3, -0.25) is 0 Å². The molecule has 0 fully saturated rings. The Labute approximate surface area is 81.7 Å². The maximum Gasteiger partial charge on any atom is 0.00750 e. The minimum absolute atomic E-state index is 0.433. The monoisotopic (exact) mass is 189 g/mol. The molecule has 0 radical (unpaired) electrons. The van der Waals surface area contributed by atoms with Gasteiger partial charge in [0.05, 0.1) is 0 Å². The van der Waals surface area contributed by atoms with Gasteiger partial charge in [0, 0.05) is 10.8 Å². The lowest BCUT2D eigenvalue weighted by atomic mass is 10.2. The Bertz CT molecular complexity index is 107. The fraction of sp³-hybridized carbons (Fsp3) is 1.00. The molecule has 0 aromatic rings. The van der Waals surface area contributed by atoms with Crippen LogP contribution in [0.1, 0.15) is 40.5 Å². The van der Waals surface area contributed by atoms with E-state index in [4.69, 9.17) is 0 Å². The second-order valence-corrected chi connectivity index (χ2v) is 6.21. The molecule has 0 saturated heterocycles. The van der Waals surface area contributed by atoms with Crippen LogP contribution in [0.3, 0.4) is 0 Å². The van der Waals surface area contributed by atoms with Crippen molar-refractivity contribution in [3.63, 3.8) is 0 Å². The maximum absolute atomic E-state index is 3.25. The van der Waals surface area contributed by atoms with Crippen molar-refractivity contribution in [3.05, 3.63) is 0 Å². The molecule has 0 aromatic heterocycles. The van der Waals surface area contributed by atoms with E-state index in [9.17, 15) is 0 Å². The lowest BCUT2D eigenvalue weighted by Crippen LogP contribution is -2.21. The summed E-state index contributed by atoms with van der Waals surface area (Å²) in [5, 5.41) is 3.25. The highest BCUT2D eigenvalue weighted by Gasteiger charge is 2.09. The summed E-state index contributed by atoms with van der Waals surface area (Å²) in [7, 11) is 2.03. The SMILES string of the molecule is CNC(C)CCCSC(C)(C)C. The van der Waals surface area contributed by atoms with Crippen molar-refractivity contribution in [2.24, 2.45) is 0 Å². The predicted octanol–water partition coefficient (Wildman–Crippen LogP) is 2.91. The largest absolute Gasteiger partial charge is 0.317 e. The molecule has 0 bridgehead atoms. The Hall–Kier alpha value is 0.310. The van der Waals surface area contributed by atoms with Gasteiger partial charge in [0.15, 0.2) is 0 Å². The van der Waals surface area contributed by atoms with E-state index in [0.29, 0.717) is 10.8 Å². The summed E-state index contributed by atoms with van der Waals surface area (Å²) in [6, 6.07) is 0.672. The fourth-order valence-corrected chi connectivity index (χ4v) is 1.84. The molecule has 1 unspecified atom stereocenters. The van der Waals surface area contributed by atoms with Crippen LogP contribution in [0.25, 0.3) is 0 Å². The average molecular weight is 189 g/mol. The van der Waals surface area contributed by atoms with Gasteiger partial charge < -0.3 is 5.32 Å². The average Bonchev–Trinajstić information content (AvgIpc) is 1.96. The molecule has 0 aromatic carbocycles. The van der Waals surface area contributed by atoms with Crippen molar-refractivity contribution >= 4 is 11.8 Å². The molecule has 0 aliphatic rings. The Balaban J connectivity index is 3.22. The number of rotatable bonds is 5. The van der Waals surface area contributed by atoms with Gasteiger partial charge in [-0.2, -0.15) is 11.8 Å². The highest BCUT2D eigenvalue weighted by Crippen LogP contribution is 2.24. The summed E-state index contributed by atoms with van der Waals surface area (Å²) in [5.74, 6) is 1.29.